The van der Waals surface area contributed by atoms with Crippen molar-refractivity contribution in [3.05, 3.63) is 18.2 Å². The SMILES string of the molecule is COc1ccc(NC(=O)C(F)(F)C(F)(F)C(F)(F)C(F)(F)F)c(OC)c1. The van der Waals surface area contributed by atoms with Gasteiger partial charge in [-0.05, 0) is 12.1 Å². The normalized spacial score (nSPS) is 13.3. The highest BCUT2D eigenvalue weighted by Gasteiger charge is 2.83. The largest absolute Gasteiger partial charge is 0.497 e. The number of ether oxygens (including phenoxy) is 2. The van der Waals surface area contributed by atoms with E-state index in [2.05, 4.69) is 4.74 Å². The summed E-state index contributed by atoms with van der Waals surface area (Å²) in [6, 6.07) is 2.89. The van der Waals surface area contributed by atoms with Crippen molar-refractivity contribution in [3.63, 3.8) is 0 Å². The monoisotopic (exact) mass is 399 g/mol. The van der Waals surface area contributed by atoms with Crippen LogP contribution in [-0.2, 0) is 4.79 Å². The van der Waals surface area contributed by atoms with Crippen molar-refractivity contribution < 1.29 is 53.8 Å². The van der Waals surface area contributed by atoms with E-state index in [0.717, 1.165) is 30.6 Å². The highest BCUT2D eigenvalue weighted by Crippen LogP contribution is 2.53. The fraction of sp³-hybridized carbons (Fsp3) is 0.462. The van der Waals surface area contributed by atoms with Crippen molar-refractivity contribution in [1.82, 2.24) is 0 Å². The van der Waals surface area contributed by atoms with Crippen LogP contribution in [-0.4, -0.2) is 44.1 Å². The maximum Gasteiger partial charge on any atom is 0.460 e. The van der Waals surface area contributed by atoms with Gasteiger partial charge in [-0.3, -0.25) is 4.79 Å². The number of alkyl halides is 9. The van der Waals surface area contributed by atoms with Gasteiger partial charge in [0.25, 0.3) is 0 Å². The molecule has 1 rings (SSSR count). The van der Waals surface area contributed by atoms with E-state index in [1.165, 1.54) is 7.11 Å². The zero-order chi connectivity index (χ0) is 20.6. The molecule has 0 saturated heterocycles. The Bertz CT molecular complexity index is 673. The highest BCUT2D eigenvalue weighted by molar-refractivity contribution is 5.98. The molecule has 0 aliphatic rings. The summed E-state index contributed by atoms with van der Waals surface area (Å²) in [6.07, 6.45) is -7.02. The van der Waals surface area contributed by atoms with Crippen LogP contribution in [0.4, 0.5) is 45.2 Å². The Morgan fingerprint density at radius 3 is 1.85 bits per heavy atom. The molecule has 0 bridgehead atoms. The van der Waals surface area contributed by atoms with Gasteiger partial charge in [0.05, 0.1) is 19.9 Å². The molecule has 0 unspecified atom stereocenters. The number of methoxy groups -OCH3 is 2. The molecule has 4 nitrogen and oxygen atoms in total. The van der Waals surface area contributed by atoms with Crippen LogP contribution in [0.1, 0.15) is 0 Å². The van der Waals surface area contributed by atoms with Crippen molar-refractivity contribution in [2.45, 2.75) is 23.9 Å². The van der Waals surface area contributed by atoms with Crippen LogP contribution < -0.4 is 14.8 Å². The number of hydrogen-bond acceptors (Lipinski definition) is 3. The predicted octanol–water partition coefficient (Wildman–Crippen LogP) is 4.11. The van der Waals surface area contributed by atoms with Gasteiger partial charge in [0.1, 0.15) is 11.5 Å². The molecule has 26 heavy (non-hydrogen) atoms. The number of amides is 1. The maximum atomic E-state index is 13.5. The van der Waals surface area contributed by atoms with Gasteiger partial charge in [-0.15, -0.1) is 0 Å². The van der Waals surface area contributed by atoms with Crippen LogP contribution in [0.3, 0.4) is 0 Å². The van der Waals surface area contributed by atoms with Crippen LogP contribution in [0.5, 0.6) is 11.5 Å². The summed E-state index contributed by atoms with van der Waals surface area (Å²) in [7, 11) is 2.18. The van der Waals surface area contributed by atoms with Gasteiger partial charge in [0, 0.05) is 6.07 Å². The van der Waals surface area contributed by atoms with Crippen LogP contribution in [0.15, 0.2) is 18.2 Å². The zero-order valence-electron chi connectivity index (χ0n) is 12.9. The summed E-state index contributed by atoms with van der Waals surface area (Å²) >= 11 is 0. The second-order valence-electron chi connectivity index (χ2n) is 4.74. The van der Waals surface area contributed by atoms with Gasteiger partial charge >= 0.3 is 29.9 Å². The number of carbonyl (C=O) groups excluding carboxylic acids is 1. The Morgan fingerprint density at radius 1 is 0.885 bits per heavy atom. The summed E-state index contributed by atoms with van der Waals surface area (Å²) in [6.45, 7) is 0. The van der Waals surface area contributed by atoms with E-state index in [0.29, 0.717) is 0 Å². The number of halogens is 9. The highest BCUT2D eigenvalue weighted by atomic mass is 19.4. The molecule has 0 radical (unpaired) electrons. The van der Waals surface area contributed by atoms with Crippen molar-refractivity contribution in [2.24, 2.45) is 0 Å². The minimum Gasteiger partial charge on any atom is -0.497 e. The lowest BCUT2D eigenvalue weighted by Crippen LogP contribution is -2.64. The van der Waals surface area contributed by atoms with Crippen molar-refractivity contribution in [3.8, 4) is 11.5 Å². The first kappa shape index (κ1) is 21.7. The Labute approximate surface area is 139 Å². The van der Waals surface area contributed by atoms with Gasteiger partial charge in [-0.25, -0.2) is 0 Å². The molecule has 1 aromatic carbocycles. The van der Waals surface area contributed by atoms with Gasteiger partial charge < -0.3 is 14.8 Å². The van der Waals surface area contributed by atoms with Gasteiger partial charge in [-0.2, -0.15) is 39.5 Å². The summed E-state index contributed by atoms with van der Waals surface area (Å²) in [4.78, 5) is 11.3. The first-order valence-electron chi connectivity index (χ1n) is 6.37. The minimum atomic E-state index is -7.16. The molecule has 0 aliphatic carbocycles. The first-order valence-corrected chi connectivity index (χ1v) is 6.37. The lowest BCUT2D eigenvalue weighted by Gasteiger charge is -2.32. The predicted molar refractivity (Wildman–Crippen MR) is 69.1 cm³/mol. The molecule has 0 aromatic heterocycles. The Hall–Kier alpha value is -2.34. The van der Waals surface area contributed by atoms with Crippen LogP contribution in [0, 0.1) is 0 Å². The molecule has 0 spiro atoms. The second kappa shape index (κ2) is 6.76. The van der Waals surface area contributed by atoms with E-state index >= 15 is 0 Å². The molecule has 0 atom stereocenters. The van der Waals surface area contributed by atoms with E-state index < -0.39 is 41.3 Å². The first-order chi connectivity index (χ1) is 11.6. The van der Waals surface area contributed by atoms with E-state index in [-0.39, 0.29) is 5.75 Å². The third-order valence-electron chi connectivity index (χ3n) is 3.09. The number of nitrogens with one attached hydrogen (secondary N) is 1. The molecule has 0 fully saturated rings. The Morgan fingerprint density at radius 2 is 1.42 bits per heavy atom. The number of benzene rings is 1. The summed E-state index contributed by atoms with van der Waals surface area (Å²) in [5, 5.41) is 1.13. The Balaban J connectivity index is 3.23. The van der Waals surface area contributed by atoms with Crippen LogP contribution in [0.2, 0.25) is 0 Å². The molecule has 0 saturated carbocycles. The van der Waals surface area contributed by atoms with Crippen molar-refractivity contribution in [1.29, 1.82) is 0 Å². The van der Waals surface area contributed by atoms with Gasteiger partial charge in [0.2, 0.25) is 0 Å². The molecular weight excluding hydrogens is 389 g/mol. The van der Waals surface area contributed by atoms with Crippen LogP contribution in [0.25, 0.3) is 0 Å². The Kier molecular flexibility index (Phi) is 5.64. The van der Waals surface area contributed by atoms with E-state index in [1.807, 2.05) is 0 Å². The number of anilines is 1. The molecule has 13 heteroatoms. The summed E-state index contributed by atoms with van der Waals surface area (Å²) < 4.78 is 124. The fourth-order valence-corrected chi connectivity index (χ4v) is 1.62. The summed E-state index contributed by atoms with van der Waals surface area (Å²) in [5.74, 6) is -24.0. The van der Waals surface area contributed by atoms with Gasteiger partial charge in [-0.1, -0.05) is 0 Å². The third kappa shape index (κ3) is 3.46. The molecule has 148 valence electrons. The van der Waals surface area contributed by atoms with E-state index in [9.17, 15) is 44.3 Å². The summed E-state index contributed by atoms with van der Waals surface area (Å²) in [5.41, 5.74) is -0.691. The van der Waals surface area contributed by atoms with E-state index in [1.54, 1.807) is 0 Å². The smallest absolute Gasteiger partial charge is 0.460 e. The third-order valence-corrected chi connectivity index (χ3v) is 3.09. The zero-order valence-corrected chi connectivity index (χ0v) is 12.9. The molecule has 1 N–H and O–H groups in total. The van der Waals surface area contributed by atoms with Crippen molar-refractivity contribution in [2.75, 3.05) is 19.5 Å². The van der Waals surface area contributed by atoms with Crippen LogP contribution >= 0.6 is 0 Å². The maximum absolute atomic E-state index is 13.5. The lowest BCUT2D eigenvalue weighted by atomic mass is 10.0. The standard InChI is InChI=1S/C13H10F9NO3/c1-25-6-3-4-7(8(5-6)26-2)23-9(24)10(14,15)11(16,17)12(18,19)13(20,21)22/h3-5H,1-2H3,(H,23,24). The molecule has 1 aromatic rings. The van der Waals surface area contributed by atoms with Gasteiger partial charge in [0.15, 0.2) is 0 Å². The average Bonchev–Trinajstić information content (AvgIpc) is 2.53. The topological polar surface area (TPSA) is 47.6 Å². The molecule has 1 amide bonds. The number of hydrogen-bond donors (Lipinski definition) is 1. The minimum absolute atomic E-state index is 0.0838. The van der Waals surface area contributed by atoms with E-state index in [4.69, 9.17) is 4.74 Å². The van der Waals surface area contributed by atoms with Crippen molar-refractivity contribution >= 4 is 11.6 Å². The number of carbonyl (C=O) groups is 1. The average molecular weight is 399 g/mol. The molecule has 0 heterocycles. The number of rotatable bonds is 6. The quantitative estimate of drug-likeness (QED) is 0.733. The molecular formula is C13H10F9NO3. The lowest BCUT2D eigenvalue weighted by molar-refractivity contribution is -0.388. The second-order valence-corrected chi connectivity index (χ2v) is 4.74. The fourth-order valence-electron chi connectivity index (χ4n) is 1.62. The molecule has 0 aliphatic heterocycles.